The van der Waals surface area contributed by atoms with Crippen LogP contribution in [0.15, 0.2) is 43.0 Å². The van der Waals surface area contributed by atoms with Crippen molar-refractivity contribution < 1.29 is 4.74 Å². The zero-order valence-electron chi connectivity index (χ0n) is 12.2. The van der Waals surface area contributed by atoms with Crippen molar-refractivity contribution in [3.05, 3.63) is 48.0 Å². The van der Waals surface area contributed by atoms with Crippen LogP contribution in [0.2, 0.25) is 5.02 Å². The molecule has 0 aliphatic rings. The number of hydrogen-bond donors (Lipinski definition) is 0. The minimum atomic E-state index is -0.253. The Morgan fingerprint density at radius 3 is 2.71 bits per heavy atom. The predicted octanol–water partition coefficient (Wildman–Crippen LogP) is 4.23. The molecule has 0 bridgehead atoms. The molecular formula is C16H16ClN3O. The summed E-state index contributed by atoms with van der Waals surface area (Å²) in [6, 6.07) is 5.69. The third-order valence-electron chi connectivity index (χ3n) is 2.96. The first-order valence-corrected chi connectivity index (χ1v) is 7.08. The Bertz CT molecular complexity index is 790. The Labute approximate surface area is 128 Å². The number of hydrogen-bond acceptors (Lipinski definition) is 3. The van der Waals surface area contributed by atoms with Crippen molar-refractivity contribution in [2.24, 2.45) is 0 Å². The summed E-state index contributed by atoms with van der Waals surface area (Å²) in [5, 5.41) is 0.625. The monoisotopic (exact) mass is 301 g/mol. The number of halogens is 1. The molecule has 108 valence electrons. The number of nitrogens with zero attached hydrogens (tertiary/aromatic N) is 3. The zero-order valence-corrected chi connectivity index (χ0v) is 12.9. The second-order valence-corrected chi connectivity index (χ2v) is 6.21. The molecule has 0 spiro atoms. The highest BCUT2D eigenvalue weighted by Gasteiger charge is 2.14. The normalized spacial score (nSPS) is 11.8. The van der Waals surface area contributed by atoms with Gasteiger partial charge < -0.3 is 4.74 Å². The fourth-order valence-electron chi connectivity index (χ4n) is 2.17. The predicted molar refractivity (Wildman–Crippen MR) is 83.8 cm³/mol. The van der Waals surface area contributed by atoms with Gasteiger partial charge in [-0.25, -0.2) is 4.98 Å². The van der Waals surface area contributed by atoms with Crippen molar-refractivity contribution in [3.63, 3.8) is 0 Å². The molecule has 4 nitrogen and oxygen atoms in total. The molecule has 0 saturated carbocycles. The van der Waals surface area contributed by atoms with Crippen LogP contribution in [0.5, 0.6) is 5.75 Å². The summed E-state index contributed by atoms with van der Waals surface area (Å²) in [6.45, 7) is 6.01. The number of ether oxygens (including phenoxy) is 1. The zero-order chi connectivity index (χ0) is 15.0. The van der Waals surface area contributed by atoms with Gasteiger partial charge in [-0.3, -0.25) is 9.38 Å². The van der Waals surface area contributed by atoms with Crippen LogP contribution in [0, 0.1) is 0 Å². The van der Waals surface area contributed by atoms with Gasteiger partial charge >= 0.3 is 0 Å². The van der Waals surface area contributed by atoms with E-state index in [2.05, 4.69) is 9.97 Å². The molecule has 2 heterocycles. The number of aromatic nitrogens is 3. The Kier molecular flexibility index (Phi) is 3.33. The summed E-state index contributed by atoms with van der Waals surface area (Å²) >= 11 is 6.42. The van der Waals surface area contributed by atoms with Gasteiger partial charge in [-0.05, 0) is 39.0 Å². The smallest absolute Gasteiger partial charge is 0.155 e. The van der Waals surface area contributed by atoms with Gasteiger partial charge in [0.2, 0.25) is 0 Å². The lowest BCUT2D eigenvalue weighted by Crippen LogP contribution is -2.22. The summed E-state index contributed by atoms with van der Waals surface area (Å²) < 4.78 is 7.78. The van der Waals surface area contributed by atoms with Crippen LogP contribution in [0.4, 0.5) is 0 Å². The Morgan fingerprint density at radius 2 is 2.00 bits per heavy atom. The topological polar surface area (TPSA) is 39.4 Å². The molecule has 3 aromatic rings. The van der Waals surface area contributed by atoms with E-state index in [1.165, 1.54) is 0 Å². The van der Waals surface area contributed by atoms with Crippen molar-refractivity contribution in [2.75, 3.05) is 0 Å². The van der Waals surface area contributed by atoms with E-state index >= 15 is 0 Å². The average molecular weight is 302 g/mol. The van der Waals surface area contributed by atoms with Gasteiger partial charge in [0.25, 0.3) is 0 Å². The third kappa shape index (κ3) is 2.85. The number of imidazole rings is 1. The van der Waals surface area contributed by atoms with Gasteiger partial charge in [-0.2, -0.15) is 0 Å². The molecule has 3 rings (SSSR count). The Hall–Kier alpha value is -2.07. The highest BCUT2D eigenvalue weighted by Crippen LogP contribution is 2.32. The SMILES string of the molecule is CC(C)(C)Oc1ccc(-c2cncc3nccn23)c(Cl)c1. The molecule has 0 aliphatic carbocycles. The van der Waals surface area contributed by atoms with Crippen LogP contribution in [0.25, 0.3) is 16.9 Å². The fourth-order valence-corrected chi connectivity index (χ4v) is 2.44. The van der Waals surface area contributed by atoms with E-state index in [0.29, 0.717) is 5.02 Å². The molecule has 0 radical (unpaired) electrons. The maximum atomic E-state index is 6.42. The van der Waals surface area contributed by atoms with E-state index in [1.807, 2.05) is 49.6 Å². The first-order valence-electron chi connectivity index (χ1n) is 6.70. The van der Waals surface area contributed by atoms with E-state index in [4.69, 9.17) is 16.3 Å². The molecule has 0 N–H and O–H groups in total. The minimum absolute atomic E-state index is 0.253. The maximum absolute atomic E-state index is 6.42. The summed E-state index contributed by atoms with van der Waals surface area (Å²) in [7, 11) is 0. The standard InChI is InChI=1S/C16H16ClN3O/c1-16(2,3)21-11-4-5-12(13(17)8-11)14-9-18-10-15-19-6-7-20(14)15/h4-10H,1-3H3. The van der Waals surface area contributed by atoms with Gasteiger partial charge in [-0.1, -0.05) is 11.6 Å². The molecule has 21 heavy (non-hydrogen) atoms. The Balaban J connectivity index is 2.05. The molecule has 0 unspecified atom stereocenters. The van der Waals surface area contributed by atoms with Gasteiger partial charge in [0.1, 0.15) is 11.4 Å². The number of rotatable bonds is 2. The van der Waals surface area contributed by atoms with Crippen molar-refractivity contribution in [1.29, 1.82) is 0 Å². The average Bonchev–Trinajstić information content (AvgIpc) is 2.85. The van der Waals surface area contributed by atoms with E-state index in [-0.39, 0.29) is 5.60 Å². The molecule has 1 aromatic carbocycles. The summed E-state index contributed by atoms with van der Waals surface area (Å²) in [4.78, 5) is 8.44. The van der Waals surface area contributed by atoms with Gasteiger partial charge in [0.15, 0.2) is 5.65 Å². The molecule has 0 aliphatic heterocycles. The fraction of sp³-hybridized carbons (Fsp3) is 0.250. The van der Waals surface area contributed by atoms with E-state index in [9.17, 15) is 0 Å². The lowest BCUT2D eigenvalue weighted by Gasteiger charge is -2.21. The van der Waals surface area contributed by atoms with Crippen LogP contribution in [-0.4, -0.2) is 20.0 Å². The highest BCUT2D eigenvalue weighted by molar-refractivity contribution is 6.33. The second kappa shape index (κ2) is 5.04. The van der Waals surface area contributed by atoms with Crippen LogP contribution >= 0.6 is 11.6 Å². The van der Waals surface area contributed by atoms with Crippen molar-refractivity contribution in [1.82, 2.24) is 14.4 Å². The van der Waals surface area contributed by atoms with E-state index in [0.717, 1.165) is 22.7 Å². The van der Waals surface area contributed by atoms with Crippen LogP contribution in [0.1, 0.15) is 20.8 Å². The lowest BCUT2D eigenvalue weighted by molar-refractivity contribution is 0.131. The Morgan fingerprint density at radius 1 is 1.19 bits per heavy atom. The largest absolute Gasteiger partial charge is 0.488 e. The molecule has 0 amide bonds. The van der Waals surface area contributed by atoms with Crippen molar-refractivity contribution >= 4 is 17.2 Å². The highest BCUT2D eigenvalue weighted by atomic mass is 35.5. The summed E-state index contributed by atoms with van der Waals surface area (Å²) in [5.41, 5.74) is 2.33. The minimum Gasteiger partial charge on any atom is -0.488 e. The number of benzene rings is 1. The van der Waals surface area contributed by atoms with Crippen LogP contribution in [-0.2, 0) is 0 Å². The molecule has 0 saturated heterocycles. The molecule has 5 heteroatoms. The van der Waals surface area contributed by atoms with E-state index < -0.39 is 0 Å². The maximum Gasteiger partial charge on any atom is 0.155 e. The quantitative estimate of drug-likeness (QED) is 0.711. The van der Waals surface area contributed by atoms with Crippen LogP contribution in [0.3, 0.4) is 0 Å². The second-order valence-electron chi connectivity index (χ2n) is 5.80. The number of fused-ring (bicyclic) bond motifs is 1. The lowest BCUT2D eigenvalue weighted by atomic mass is 10.1. The molecule has 0 atom stereocenters. The first-order chi connectivity index (χ1) is 9.94. The molecule has 2 aromatic heterocycles. The molecular weight excluding hydrogens is 286 g/mol. The summed E-state index contributed by atoms with van der Waals surface area (Å²) in [6.07, 6.45) is 7.13. The van der Waals surface area contributed by atoms with Crippen LogP contribution < -0.4 is 4.74 Å². The molecule has 0 fully saturated rings. The summed E-state index contributed by atoms with van der Waals surface area (Å²) in [5.74, 6) is 0.752. The van der Waals surface area contributed by atoms with Gasteiger partial charge in [0.05, 0.1) is 23.1 Å². The third-order valence-corrected chi connectivity index (χ3v) is 3.27. The van der Waals surface area contributed by atoms with Gasteiger partial charge in [0, 0.05) is 18.0 Å². The van der Waals surface area contributed by atoms with Gasteiger partial charge in [-0.15, -0.1) is 0 Å². The van der Waals surface area contributed by atoms with E-state index in [1.54, 1.807) is 18.6 Å². The van der Waals surface area contributed by atoms with Crippen molar-refractivity contribution in [2.45, 2.75) is 26.4 Å². The first kappa shape index (κ1) is 13.9. The van der Waals surface area contributed by atoms with Crippen molar-refractivity contribution in [3.8, 4) is 17.0 Å².